The molecule has 0 fully saturated rings. The molecule has 5 heteroatoms. The van der Waals surface area contributed by atoms with Crippen LogP contribution in [0.2, 0.25) is 0 Å². The molecule has 0 aliphatic heterocycles. The molecule has 1 amide bonds. The van der Waals surface area contributed by atoms with Gasteiger partial charge in [-0.15, -0.1) is 11.6 Å². The molecule has 0 saturated carbocycles. The van der Waals surface area contributed by atoms with Crippen LogP contribution in [0.15, 0.2) is 18.2 Å². The summed E-state index contributed by atoms with van der Waals surface area (Å²) >= 11 is 5.55. The third-order valence-corrected chi connectivity index (χ3v) is 2.62. The molecule has 0 aromatic heterocycles. The average molecular weight is 262 g/mol. The van der Waals surface area contributed by atoms with E-state index >= 15 is 0 Å². The third kappa shape index (κ3) is 3.97. The van der Waals surface area contributed by atoms with E-state index in [2.05, 4.69) is 5.32 Å². The van der Waals surface area contributed by atoms with Gasteiger partial charge in [0.1, 0.15) is 17.2 Å². The fraction of sp³-hybridized carbons (Fsp3) is 0.417. The summed E-state index contributed by atoms with van der Waals surface area (Å²) in [7, 11) is 0. The number of carbonyl (C=O) groups is 1. The van der Waals surface area contributed by atoms with Crippen molar-refractivity contribution in [2.45, 2.75) is 13.3 Å². The monoisotopic (exact) mass is 261 g/mol. The Kier molecular flexibility index (Phi) is 5.35. The lowest BCUT2D eigenvalue weighted by Gasteiger charge is -2.11. The molecule has 0 aliphatic rings. The summed E-state index contributed by atoms with van der Waals surface area (Å²) in [5.74, 6) is -1.78. The highest BCUT2D eigenvalue weighted by molar-refractivity contribution is 6.17. The molecule has 0 saturated heterocycles. The Hall–Kier alpha value is -1.16. The van der Waals surface area contributed by atoms with E-state index in [0.29, 0.717) is 12.4 Å². The van der Waals surface area contributed by atoms with Gasteiger partial charge in [-0.3, -0.25) is 4.79 Å². The molecule has 0 aliphatic carbocycles. The second-order valence-corrected chi connectivity index (χ2v) is 4.27. The number of hydrogen-bond acceptors (Lipinski definition) is 1. The van der Waals surface area contributed by atoms with Gasteiger partial charge in [0.2, 0.25) is 0 Å². The van der Waals surface area contributed by atoms with Gasteiger partial charge in [-0.1, -0.05) is 13.0 Å². The number of halogens is 3. The Morgan fingerprint density at radius 1 is 1.41 bits per heavy atom. The van der Waals surface area contributed by atoms with Gasteiger partial charge in [0.05, 0.1) is 0 Å². The average Bonchev–Trinajstić information content (AvgIpc) is 2.26. The number of amides is 1. The largest absolute Gasteiger partial charge is 0.352 e. The zero-order valence-corrected chi connectivity index (χ0v) is 10.2. The molecule has 1 aromatic carbocycles. The van der Waals surface area contributed by atoms with E-state index in [4.69, 9.17) is 11.6 Å². The van der Waals surface area contributed by atoms with Crippen LogP contribution in [-0.2, 0) is 0 Å². The van der Waals surface area contributed by atoms with Crippen LogP contribution in [0.5, 0.6) is 0 Å². The van der Waals surface area contributed by atoms with Crippen molar-refractivity contribution in [2.75, 3.05) is 12.4 Å². The Labute approximate surface area is 104 Å². The SMILES string of the molecule is CC(CCCl)CNC(=O)c1c(F)cccc1F. The molecule has 0 bridgehead atoms. The summed E-state index contributed by atoms with van der Waals surface area (Å²) in [4.78, 5) is 11.6. The predicted octanol–water partition coefficient (Wildman–Crippen LogP) is 2.96. The lowest BCUT2D eigenvalue weighted by molar-refractivity contribution is 0.0939. The first-order chi connectivity index (χ1) is 8.06. The van der Waals surface area contributed by atoms with Gasteiger partial charge >= 0.3 is 0 Å². The summed E-state index contributed by atoms with van der Waals surface area (Å²) in [5, 5.41) is 2.49. The van der Waals surface area contributed by atoms with Gasteiger partial charge in [-0.25, -0.2) is 8.78 Å². The molecule has 1 rings (SSSR count). The first kappa shape index (κ1) is 13.9. The van der Waals surface area contributed by atoms with Crippen LogP contribution >= 0.6 is 11.6 Å². The van der Waals surface area contributed by atoms with Gasteiger partial charge in [-0.05, 0) is 24.5 Å². The van der Waals surface area contributed by atoms with Gasteiger partial charge in [0.25, 0.3) is 5.91 Å². The number of hydrogen-bond donors (Lipinski definition) is 1. The summed E-state index contributed by atoms with van der Waals surface area (Å²) in [6.45, 7) is 2.25. The van der Waals surface area contributed by atoms with E-state index in [9.17, 15) is 13.6 Å². The van der Waals surface area contributed by atoms with E-state index in [-0.39, 0.29) is 5.92 Å². The molecule has 0 heterocycles. The normalized spacial score (nSPS) is 12.2. The third-order valence-electron chi connectivity index (χ3n) is 2.40. The van der Waals surface area contributed by atoms with Crippen molar-refractivity contribution in [1.82, 2.24) is 5.32 Å². The summed E-state index contributed by atoms with van der Waals surface area (Å²) in [6.07, 6.45) is 0.738. The van der Waals surface area contributed by atoms with Gasteiger partial charge in [-0.2, -0.15) is 0 Å². The number of rotatable bonds is 5. The maximum Gasteiger partial charge on any atom is 0.257 e. The van der Waals surface area contributed by atoms with E-state index in [1.54, 1.807) is 0 Å². The predicted molar refractivity (Wildman–Crippen MR) is 63.2 cm³/mol. The molecule has 1 unspecified atom stereocenters. The Bertz CT molecular complexity index is 378. The standard InChI is InChI=1S/C12H14ClF2NO/c1-8(5-6-13)7-16-12(17)11-9(14)3-2-4-10(11)15/h2-4,8H,5-7H2,1H3,(H,16,17). The summed E-state index contributed by atoms with van der Waals surface area (Å²) in [6, 6.07) is 3.33. The zero-order chi connectivity index (χ0) is 12.8. The minimum absolute atomic E-state index is 0.172. The highest BCUT2D eigenvalue weighted by atomic mass is 35.5. The smallest absolute Gasteiger partial charge is 0.257 e. The lowest BCUT2D eigenvalue weighted by atomic mass is 10.1. The van der Waals surface area contributed by atoms with Crippen LogP contribution in [0, 0.1) is 17.6 Å². The molecule has 1 aromatic rings. The number of nitrogens with one attached hydrogen (secondary N) is 1. The molecular weight excluding hydrogens is 248 g/mol. The van der Waals surface area contributed by atoms with Gasteiger partial charge in [0.15, 0.2) is 0 Å². The molecule has 94 valence electrons. The number of alkyl halides is 1. The Morgan fingerprint density at radius 2 is 2.00 bits per heavy atom. The van der Waals surface area contributed by atoms with Crippen molar-refractivity contribution in [3.8, 4) is 0 Å². The molecule has 2 nitrogen and oxygen atoms in total. The van der Waals surface area contributed by atoms with E-state index < -0.39 is 23.1 Å². The fourth-order valence-electron chi connectivity index (χ4n) is 1.36. The highest BCUT2D eigenvalue weighted by Crippen LogP contribution is 2.12. The minimum Gasteiger partial charge on any atom is -0.352 e. The molecule has 17 heavy (non-hydrogen) atoms. The lowest BCUT2D eigenvalue weighted by Crippen LogP contribution is -2.29. The van der Waals surface area contributed by atoms with Crippen molar-refractivity contribution in [2.24, 2.45) is 5.92 Å². The van der Waals surface area contributed by atoms with Crippen molar-refractivity contribution in [3.63, 3.8) is 0 Å². The summed E-state index contributed by atoms with van der Waals surface area (Å²) in [5.41, 5.74) is -0.537. The van der Waals surface area contributed by atoms with Crippen LogP contribution in [0.25, 0.3) is 0 Å². The van der Waals surface area contributed by atoms with Crippen molar-refractivity contribution in [3.05, 3.63) is 35.4 Å². The topological polar surface area (TPSA) is 29.1 Å². The zero-order valence-electron chi connectivity index (χ0n) is 9.47. The number of carbonyl (C=O) groups excluding carboxylic acids is 1. The van der Waals surface area contributed by atoms with E-state index in [1.807, 2.05) is 6.92 Å². The quantitative estimate of drug-likeness (QED) is 0.812. The maximum absolute atomic E-state index is 13.3. The molecule has 0 spiro atoms. The van der Waals surface area contributed by atoms with Crippen molar-refractivity contribution < 1.29 is 13.6 Å². The molecule has 1 N–H and O–H groups in total. The van der Waals surface area contributed by atoms with Crippen LogP contribution in [0.4, 0.5) is 8.78 Å². The second kappa shape index (κ2) is 6.55. The molecule has 1 atom stereocenters. The fourth-order valence-corrected chi connectivity index (χ4v) is 1.73. The second-order valence-electron chi connectivity index (χ2n) is 3.89. The van der Waals surface area contributed by atoms with E-state index in [0.717, 1.165) is 18.6 Å². The van der Waals surface area contributed by atoms with Gasteiger partial charge in [0, 0.05) is 12.4 Å². The Morgan fingerprint density at radius 3 is 2.53 bits per heavy atom. The van der Waals surface area contributed by atoms with E-state index in [1.165, 1.54) is 6.07 Å². The van der Waals surface area contributed by atoms with Crippen LogP contribution in [-0.4, -0.2) is 18.3 Å². The Balaban J connectivity index is 2.64. The van der Waals surface area contributed by atoms with Crippen molar-refractivity contribution in [1.29, 1.82) is 0 Å². The highest BCUT2D eigenvalue weighted by Gasteiger charge is 2.16. The van der Waals surface area contributed by atoms with Crippen LogP contribution in [0.1, 0.15) is 23.7 Å². The summed E-state index contributed by atoms with van der Waals surface area (Å²) < 4.78 is 26.5. The minimum atomic E-state index is -0.854. The van der Waals surface area contributed by atoms with Crippen LogP contribution in [0.3, 0.4) is 0 Å². The molecular formula is C12H14ClF2NO. The first-order valence-electron chi connectivity index (χ1n) is 5.34. The van der Waals surface area contributed by atoms with Crippen molar-refractivity contribution >= 4 is 17.5 Å². The maximum atomic E-state index is 13.3. The number of benzene rings is 1. The van der Waals surface area contributed by atoms with Crippen LogP contribution < -0.4 is 5.32 Å². The van der Waals surface area contributed by atoms with Gasteiger partial charge < -0.3 is 5.32 Å². The molecule has 0 radical (unpaired) electrons. The first-order valence-corrected chi connectivity index (χ1v) is 5.88.